The summed E-state index contributed by atoms with van der Waals surface area (Å²) in [6.45, 7) is 0. The molecule has 0 aromatic carbocycles. The second-order valence-electron chi connectivity index (χ2n) is 2.42. The number of hydrogen-bond acceptors (Lipinski definition) is 2. The Bertz CT molecular complexity index is 288. The van der Waals surface area contributed by atoms with Gasteiger partial charge in [0.25, 0.3) is 0 Å². The standard InChI is InChI=1S/C8H9BrN2O/c9-7-3-1-2-6(11-7)4-5-8(10)12/h1-3H,4-5H2,(H2,10,12). The average Bonchev–Trinajstić information content (AvgIpc) is 2.01. The fourth-order valence-corrected chi connectivity index (χ4v) is 1.22. The van der Waals surface area contributed by atoms with Gasteiger partial charge in [-0.2, -0.15) is 0 Å². The van der Waals surface area contributed by atoms with Crippen LogP contribution in [0.2, 0.25) is 0 Å². The van der Waals surface area contributed by atoms with Crippen LogP contribution in [0.1, 0.15) is 12.1 Å². The molecular weight excluding hydrogens is 220 g/mol. The first-order valence-electron chi connectivity index (χ1n) is 3.58. The van der Waals surface area contributed by atoms with E-state index < -0.39 is 0 Å². The van der Waals surface area contributed by atoms with Gasteiger partial charge in [-0.05, 0) is 34.5 Å². The number of aryl methyl sites for hydroxylation is 1. The predicted molar refractivity (Wildman–Crippen MR) is 49.5 cm³/mol. The van der Waals surface area contributed by atoms with Crippen LogP contribution >= 0.6 is 15.9 Å². The van der Waals surface area contributed by atoms with E-state index in [1.807, 2.05) is 18.2 Å². The van der Waals surface area contributed by atoms with Crippen molar-refractivity contribution in [3.8, 4) is 0 Å². The summed E-state index contributed by atoms with van der Waals surface area (Å²) in [4.78, 5) is 14.6. The Morgan fingerprint density at radius 3 is 2.92 bits per heavy atom. The van der Waals surface area contributed by atoms with Crippen LogP contribution in [0.3, 0.4) is 0 Å². The van der Waals surface area contributed by atoms with Crippen LogP contribution in [-0.4, -0.2) is 10.9 Å². The lowest BCUT2D eigenvalue weighted by Gasteiger charge is -1.97. The molecule has 0 aliphatic carbocycles. The van der Waals surface area contributed by atoms with Gasteiger partial charge in [0.05, 0.1) is 0 Å². The minimum atomic E-state index is -0.295. The Labute approximate surface area is 79.1 Å². The van der Waals surface area contributed by atoms with Crippen molar-refractivity contribution < 1.29 is 4.79 Å². The number of pyridine rings is 1. The number of nitrogens with zero attached hydrogens (tertiary/aromatic N) is 1. The molecule has 0 aliphatic heterocycles. The van der Waals surface area contributed by atoms with Gasteiger partial charge >= 0.3 is 0 Å². The third-order valence-corrected chi connectivity index (χ3v) is 1.84. The zero-order chi connectivity index (χ0) is 8.97. The fourth-order valence-electron chi connectivity index (χ4n) is 0.841. The van der Waals surface area contributed by atoms with Gasteiger partial charge in [0.2, 0.25) is 5.91 Å². The SMILES string of the molecule is NC(=O)CCc1cccc(Br)n1. The Morgan fingerprint density at radius 2 is 2.33 bits per heavy atom. The van der Waals surface area contributed by atoms with E-state index in [9.17, 15) is 4.79 Å². The number of hydrogen-bond donors (Lipinski definition) is 1. The first-order chi connectivity index (χ1) is 5.68. The summed E-state index contributed by atoms with van der Waals surface area (Å²) in [5.74, 6) is -0.295. The average molecular weight is 229 g/mol. The summed E-state index contributed by atoms with van der Waals surface area (Å²) in [7, 11) is 0. The van der Waals surface area contributed by atoms with Gasteiger partial charge in [-0.3, -0.25) is 4.79 Å². The van der Waals surface area contributed by atoms with Gasteiger partial charge in [0, 0.05) is 12.1 Å². The Hall–Kier alpha value is -0.900. The summed E-state index contributed by atoms with van der Waals surface area (Å²) in [5, 5.41) is 0. The van der Waals surface area contributed by atoms with Crippen molar-refractivity contribution in [3.63, 3.8) is 0 Å². The molecular formula is C8H9BrN2O. The molecule has 4 heteroatoms. The number of carbonyl (C=O) groups is 1. The summed E-state index contributed by atoms with van der Waals surface area (Å²) in [5.41, 5.74) is 5.88. The van der Waals surface area contributed by atoms with Crippen LogP contribution in [0.5, 0.6) is 0 Å². The number of nitrogens with two attached hydrogens (primary N) is 1. The molecule has 12 heavy (non-hydrogen) atoms. The maximum atomic E-state index is 10.4. The molecule has 0 unspecified atom stereocenters. The lowest BCUT2D eigenvalue weighted by Crippen LogP contribution is -2.11. The minimum Gasteiger partial charge on any atom is -0.370 e. The zero-order valence-electron chi connectivity index (χ0n) is 6.46. The zero-order valence-corrected chi connectivity index (χ0v) is 8.04. The topological polar surface area (TPSA) is 56.0 Å². The number of aromatic nitrogens is 1. The van der Waals surface area contributed by atoms with Crippen LogP contribution in [0.25, 0.3) is 0 Å². The molecule has 0 spiro atoms. The van der Waals surface area contributed by atoms with Gasteiger partial charge in [-0.1, -0.05) is 6.07 Å². The molecule has 1 rings (SSSR count). The van der Waals surface area contributed by atoms with Crippen LogP contribution < -0.4 is 5.73 Å². The summed E-state index contributed by atoms with van der Waals surface area (Å²) < 4.78 is 0.782. The van der Waals surface area contributed by atoms with Crippen molar-refractivity contribution in [1.29, 1.82) is 0 Å². The summed E-state index contributed by atoms with van der Waals surface area (Å²) >= 11 is 3.24. The Morgan fingerprint density at radius 1 is 1.58 bits per heavy atom. The monoisotopic (exact) mass is 228 g/mol. The normalized spacial score (nSPS) is 9.75. The van der Waals surface area contributed by atoms with Gasteiger partial charge in [0.15, 0.2) is 0 Å². The van der Waals surface area contributed by atoms with E-state index in [1.54, 1.807) is 0 Å². The van der Waals surface area contributed by atoms with E-state index in [-0.39, 0.29) is 5.91 Å². The molecule has 0 fully saturated rings. The molecule has 0 aliphatic rings. The van der Waals surface area contributed by atoms with Crippen molar-refractivity contribution in [1.82, 2.24) is 4.98 Å². The number of halogens is 1. The van der Waals surface area contributed by atoms with Crippen LogP contribution in [0.15, 0.2) is 22.8 Å². The molecule has 2 N–H and O–H groups in total. The molecule has 0 atom stereocenters. The third kappa shape index (κ3) is 3.00. The smallest absolute Gasteiger partial charge is 0.217 e. The van der Waals surface area contributed by atoms with Crippen molar-refractivity contribution in [3.05, 3.63) is 28.5 Å². The quantitative estimate of drug-likeness (QED) is 0.793. The van der Waals surface area contributed by atoms with Gasteiger partial charge < -0.3 is 5.73 Å². The molecule has 0 bridgehead atoms. The van der Waals surface area contributed by atoms with E-state index in [0.29, 0.717) is 12.8 Å². The molecule has 3 nitrogen and oxygen atoms in total. The highest BCUT2D eigenvalue weighted by Crippen LogP contribution is 2.07. The molecule has 0 saturated carbocycles. The molecule has 1 heterocycles. The minimum absolute atomic E-state index is 0.295. The highest BCUT2D eigenvalue weighted by Gasteiger charge is 1.98. The highest BCUT2D eigenvalue weighted by molar-refractivity contribution is 9.10. The maximum Gasteiger partial charge on any atom is 0.217 e. The number of amides is 1. The predicted octanol–water partition coefficient (Wildman–Crippen LogP) is 1.26. The Balaban J connectivity index is 2.57. The number of rotatable bonds is 3. The van der Waals surface area contributed by atoms with Crippen molar-refractivity contribution in [2.45, 2.75) is 12.8 Å². The number of primary amides is 1. The highest BCUT2D eigenvalue weighted by atomic mass is 79.9. The van der Waals surface area contributed by atoms with Crippen molar-refractivity contribution in [2.75, 3.05) is 0 Å². The largest absolute Gasteiger partial charge is 0.370 e. The summed E-state index contributed by atoms with van der Waals surface area (Å²) in [6.07, 6.45) is 0.957. The van der Waals surface area contributed by atoms with E-state index in [1.165, 1.54) is 0 Å². The second kappa shape index (κ2) is 4.21. The van der Waals surface area contributed by atoms with Gasteiger partial charge in [-0.15, -0.1) is 0 Å². The van der Waals surface area contributed by atoms with Crippen molar-refractivity contribution >= 4 is 21.8 Å². The van der Waals surface area contributed by atoms with E-state index in [0.717, 1.165) is 10.3 Å². The van der Waals surface area contributed by atoms with Crippen LogP contribution in [0, 0.1) is 0 Å². The first kappa shape index (κ1) is 9.19. The first-order valence-corrected chi connectivity index (χ1v) is 4.37. The van der Waals surface area contributed by atoms with Gasteiger partial charge in [0.1, 0.15) is 4.60 Å². The van der Waals surface area contributed by atoms with Crippen LogP contribution in [0.4, 0.5) is 0 Å². The summed E-state index contributed by atoms with van der Waals surface area (Å²) in [6, 6.07) is 5.59. The third-order valence-electron chi connectivity index (χ3n) is 1.40. The van der Waals surface area contributed by atoms with E-state index >= 15 is 0 Å². The molecule has 64 valence electrons. The molecule has 0 radical (unpaired) electrons. The maximum absolute atomic E-state index is 10.4. The van der Waals surface area contributed by atoms with E-state index in [4.69, 9.17) is 5.73 Å². The van der Waals surface area contributed by atoms with Crippen molar-refractivity contribution in [2.24, 2.45) is 5.73 Å². The lowest BCUT2D eigenvalue weighted by atomic mass is 10.2. The lowest BCUT2D eigenvalue weighted by molar-refractivity contribution is -0.118. The molecule has 1 aromatic rings. The fraction of sp³-hybridized carbons (Fsp3) is 0.250. The molecule has 1 aromatic heterocycles. The Kier molecular flexibility index (Phi) is 3.22. The molecule has 0 saturated heterocycles. The van der Waals surface area contributed by atoms with Crippen LogP contribution in [-0.2, 0) is 11.2 Å². The molecule has 1 amide bonds. The number of carbonyl (C=O) groups excluding carboxylic acids is 1. The second-order valence-corrected chi connectivity index (χ2v) is 3.23. The van der Waals surface area contributed by atoms with Gasteiger partial charge in [-0.25, -0.2) is 4.98 Å². The van der Waals surface area contributed by atoms with E-state index in [2.05, 4.69) is 20.9 Å².